The number of aromatic carboxylic acids is 1. The van der Waals surface area contributed by atoms with Crippen LogP contribution in [0.5, 0.6) is 0 Å². The first-order valence-corrected chi connectivity index (χ1v) is 6.73. The van der Waals surface area contributed by atoms with Gasteiger partial charge in [0, 0.05) is 13.1 Å². The Kier molecular flexibility index (Phi) is 3.80. The van der Waals surface area contributed by atoms with Gasteiger partial charge in [0.15, 0.2) is 0 Å². The smallest absolute Gasteiger partial charge is 0.410 e. The monoisotopic (exact) mass is 296 g/mol. The molecule has 1 atom stereocenters. The van der Waals surface area contributed by atoms with E-state index in [0.717, 1.165) is 0 Å². The van der Waals surface area contributed by atoms with E-state index in [2.05, 4.69) is 5.10 Å². The van der Waals surface area contributed by atoms with E-state index < -0.39 is 11.6 Å². The van der Waals surface area contributed by atoms with Gasteiger partial charge in [0.1, 0.15) is 17.0 Å². The minimum Gasteiger partial charge on any atom is -0.477 e. The second-order valence-electron chi connectivity index (χ2n) is 6.06. The van der Waals surface area contributed by atoms with Gasteiger partial charge >= 0.3 is 12.1 Å². The van der Waals surface area contributed by atoms with Crippen molar-refractivity contribution in [2.45, 2.75) is 38.8 Å². The van der Waals surface area contributed by atoms with Crippen LogP contribution in [-0.4, -0.2) is 50.5 Å². The van der Waals surface area contributed by atoms with Crippen LogP contribution in [0.15, 0.2) is 6.20 Å². The second-order valence-corrected chi connectivity index (χ2v) is 6.06. The standard InChI is InChI=1S/C13H20N4O4/c1-13(2,3)21-12(20)16-5-4-8(7-16)17-10(14)9(6-15-17)11(18)19/h6,8H,4-5,7,14H2,1-3H3,(H,18,19). The lowest BCUT2D eigenvalue weighted by Crippen LogP contribution is -2.35. The van der Waals surface area contributed by atoms with Crippen LogP contribution in [-0.2, 0) is 4.74 Å². The Morgan fingerprint density at radius 3 is 2.67 bits per heavy atom. The molecule has 1 aliphatic rings. The van der Waals surface area contributed by atoms with Crippen molar-refractivity contribution in [2.24, 2.45) is 0 Å². The summed E-state index contributed by atoms with van der Waals surface area (Å²) in [6, 6.07) is -0.134. The number of nitrogen functional groups attached to an aromatic ring is 1. The lowest BCUT2D eigenvalue weighted by molar-refractivity contribution is 0.0288. The number of nitrogens with zero attached hydrogens (tertiary/aromatic N) is 3. The highest BCUT2D eigenvalue weighted by molar-refractivity contribution is 5.92. The summed E-state index contributed by atoms with van der Waals surface area (Å²) in [6.07, 6.45) is 1.51. The van der Waals surface area contributed by atoms with Gasteiger partial charge < -0.3 is 20.5 Å². The summed E-state index contributed by atoms with van der Waals surface area (Å²) in [6.45, 7) is 6.36. The number of nitrogens with two attached hydrogens (primary N) is 1. The van der Waals surface area contributed by atoms with Gasteiger partial charge in [0.25, 0.3) is 0 Å². The number of hydrogen-bond acceptors (Lipinski definition) is 5. The molecule has 1 aliphatic heterocycles. The number of ether oxygens (including phenoxy) is 1. The minimum absolute atomic E-state index is 0.0225. The van der Waals surface area contributed by atoms with Crippen molar-refractivity contribution in [3.8, 4) is 0 Å². The van der Waals surface area contributed by atoms with Crippen LogP contribution < -0.4 is 5.73 Å². The summed E-state index contributed by atoms with van der Waals surface area (Å²) in [5, 5.41) is 13.0. The van der Waals surface area contributed by atoms with E-state index >= 15 is 0 Å². The number of anilines is 1. The van der Waals surface area contributed by atoms with Crippen LogP contribution >= 0.6 is 0 Å². The Balaban J connectivity index is 2.06. The van der Waals surface area contributed by atoms with Crippen LogP contribution in [0.4, 0.5) is 10.6 Å². The average molecular weight is 296 g/mol. The number of carboxylic acids is 1. The highest BCUT2D eigenvalue weighted by Gasteiger charge is 2.32. The highest BCUT2D eigenvalue weighted by Crippen LogP contribution is 2.26. The van der Waals surface area contributed by atoms with Gasteiger partial charge in [0.2, 0.25) is 0 Å². The highest BCUT2D eigenvalue weighted by atomic mass is 16.6. The first-order chi connectivity index (χ1) is 9.69. The molecule has 0 radical (unpaired) electrons. The number of amides is 1. The lowest BCUT2D eigenvalue weighted by Gasteiger charge is -2.24. The number of likely N-dealkylation sites (tertiary alicyclic amines) is 1. The number of aromatic nitrogens is 2. The Labute approximate surface area is 122 Å². The average Bonchev–Trinajstić information content (AvgIpc) is 2.92. The number of carbonyl (C=O) groups excluding carboxylic acids is 1. The third-order valence-electron chi connectivity index (χ3n) is 3.23. The second kappa shape index (κ2) is 5.27. The normalized spacial score (nSPS) is 18.8. The van der Waals surface area contributed by atoms with Gasteiger partial charge in [-0.15, -0.1) is 0 Å². The summed E-state index contributed by atoms with van der Waals surface area (Å²) in [5.74, 6) is -1.00. The lowest BCUT2D eigenvalue weighted by atomic mass is 10.2. The van der Waals surface area contributed by atoms with Crippen LogP contribution in [0.2, 0.25) is 0 Å². The van der Waals surface area contributed by atoms with Crippen LogP contribution in [0.25, 0.3) is 0 Å². The maximum atomic E-state index is 12.0. The molecule has 8 heteroatoms. The first kappa shape index (κ1) is 15.1. The molecule has 1 aromatic rings. The van der Waals surface area contributed by atoms with E-state index in [1.165, 1.54) is 10.9 Å². The van der Waals surface area contributed by atoms with Crippen molar-refractivity contribution in [3.63, 3.8) is 0 Å². The fourth-order valence-corrected chi connectivity index (χ4v) is 2.26. The Morgan fingerprint density at radius 1 is 1.48 bits per heavy atom. The Bertz CT molecular complexity index is 561. The van der Waals surface area contributed by atoms with Crippen molar-refractivity contribution in [2.75, 3.05) is 18.8 Å². The molecule has 1 unspecified atom stereocenters. The van der Waals surface area contributed by atoms with Gasteiger partial charge in [-0.05, 0) is 27.2 Å². The minimum atomic E-state index is -1.11. The van der Waals surface area contributed by atoms with Crippen molar-refractivity contribution in [1.82, 2.24) is 14.7 Å². The molecule has 8 nitrogen and oxygen atoms in total. The summed E-state index contributed by atoms with van der Waals surface area (Å²) < 4.78 is 6.78. The van der Waals surface area contributed by atoms with E-state index in [0.29, 0.717) is 19.5 Å². The molecule has 0 spiro atoms. The summed E-state index contributed by atoms with van der Waals surface area (Å²) in [7, 11) is 0. The summed E-state index contributed by atoms with van der Waals surface area (Å²) in [5.41, 5.74) is 5.22. The first-order valence-electron chi connectivity index (χ1n) is 6.73. The van der Waals surface area contributed by atoms with E-state index in [9.17, 15) is 9.59 Å². The Morgan fingerprint density at radius 2 is 2.14 bits per heavy atom. The van der Waals surface area contributed by atoms with Gasteiger partial charge in [-0.1, -0.05) is 0 Å². The molecule has 116 valence electrons. The summed E-state index contributed by atoms with van der Waals surface area (Å²) in [4.78, 5) is 24.5. The largest absolute Gasteiger partial charge is 0.477 e. The fourth-order valence-electron chi connectivity index (χ4n) is 2.26. The van der Waals surface area contributed by atoms with Crippen molar-refractivity contribution < 1.29 is 19.4 Å². The topological polar surface area (TPSA) is 111 Å². The van der Waals surface area contributed by atoms with Gasteiger partial charge in [-0.2, -0.15) is 5.10 Å². The third kappa shape index (κ3) is 3.26. The van der Waals surface area contributed by atoms with Crippen LogP contribution in [0.1, 0.15) is 43.6 Å². The van der Waals surface area contributed by atoms with Crippen LogP contribution in [0, 0.1) is 0 Å². The zero-order valence-electron chi connectivity index (χ0n) is 12.4. The van der Waals surface area contributed by atoms with Gasteiger partial charge in [-0.25, -0.2) is 14.3 Å². The predicted molar refractivity (Wildman–Crippen MR) is 75.1 cm³/mol. The molecule has 0 aliphatic carbocycles. The summed E-state index contributed by atoms with van der Waals surface area (Å²) >= 11 is 0. The number of rotatable bonds is 2. The maximum absolute atomic E-state index is 12.0. The molecular formula is C13H20N4O4. The molecule has 1 fully saturated rings. The van der Waals surface area contributed by atoms with Crippen molar-refractivity contribution in [3.05, 3.63) is 11.8 Å². The molecule has 1 aromatic heterocycles. The molecule has 21 heavy (non-hydrogen) atoms. The molecule has 0 aromatic carbocycles. The number of hydrogen-bond donors (Lipinski definition) is 2. The zero-order chi connectivity index (χ0) is 15.8. The van der Waals surface area contributed by atoms with Gasteiger partial charge in [0.05, 0.1) is 12.2 Å². The molecule has 2 heterocycles. The van der Waals surface area contributed by atoms with E-state index in [-0.39, 0.29) is 23.5 Å². The number of carboxylic acid groups (broad SMARTS) is 1. The maximum Gasteiger partial charge on any atom is 0.410 e. The molecule has 0 bridgehead atoms. The third-order valence-corrected chi connectivity index (χ3v) is 3.23. The SMILES string of the molecule is CC(C)(C)OC(=O)N1CCC(n2ncc(C(=O)O)c2N)C1. The van der Waals surface area contributed by atoms with E-state index in [1.807, 2.05) is 20.8 Å². The molecule has 1 amide bonds. The van der Waals surface area contributed by atoms with Crippen molar-refractivity contribution >= 4 is 17.9 Å². The zero-order valence-corrected chi connectivity index (χ0v) is 12.4. The Hall–Kier alpha value is -2.25. The molecular weight excluding hydrogens is 276 g/mol. The van der Waals surface area contributed by atoms with Crippen LogP contribution in [0.3, 0.4) is 0 Å². The van der Waals surface area contributed by atoms with Crippen molar-refractivity contribution in [1.29, 1.82) is 0 Å². The van der Waals surface area contributed by atoms with Gasteiger partial charge in [-0.3, -0.25) is 0 Å². The predicted octanol–water partition coefficient (Wildman–Crippen LogP) is 1.35. The number of carbonyl (C=O) groups is 2. The molecule has 0 saturated carbocycles. The quantitative estimate of drug-likeness (QED) is 0.852. The van der Waals surface area contributed by atoms with E-state index in [4.69, 9.17) is 15.6 Å². The van der Waals surface area contributed by atoms with E-state index in [1.54, 1.807) is 4.90 Å². The molecule has 1 saturated heterocycles. The molecule has 3 N–H and O–H groups in total. The molecule has 2 rings (SSSR count). The fraction of sp³-hybridized carbons (Fsp3) is 0.615.